The molecule has 2 aromatic carbocycles. The lowest BCUT2D eigenvalue weighted by Gasteiger charge is -2.06. The number of fused-ring (bicyclic) bond motifs is 1. The van der Waals surface area contributed by atoms with Crippen molar-refractivity contribution in [3.63, 3.8) is 0 Å². The van der Waals surface area contributed by atoms with Crippen LogP contribution in [0, 0.1) is 28.8 Å². The molecule has 0 bridgehead atoms. The second kappa shape index (κ2) is 6.68. The second-order valence-corrected chi connectivity index (χ2v) is 6.42. The van der Waals surface area contributed by atoms with Crippen molar-refractivity contribution in [2.45, 2.75) is 0 Å². The first kappa shape index (κ1) is 18.6. The van der Waals surface area contributed by atoms with E-state index in [1.807, 2.05) is 0 Å². The predicted octanol–water partition coefficient (Wildman–Crippen LogP) is 4.07. The highest BCUT2D eigenvalue weighted by Crippen LogP contribution is 2.38. The lowest BCUT2D eigenvalue weighted by atomic mass is 10.1. The van der Waals surface area contributed by atoms with Gasteiger partial charge in [-0.05, 0) is 18.2 Å². The molecule has 0 unspecified atom stereocenters. The first-order valence-corrected chi connectivity index (χ1v) is 8.37. The van der Waals surface area contributed by atoms with Gasteiger partial charge < -0.3 is 10.1 Å². The van der Waals surface area contributed by atoms with E-state index in [0.29, 0.717) is 27.8 Å². The van der Waals surface area contributed by atoms with Crippen LogP contribution in [0.2, 0.25) is 5.02 Å². The largest absolute Gasteiger partial charge is 0.493 e. The molecule has 0 saturated heterocycles. The fourth-order valence-electron chi connectivity index (χ4n) is 2.96. The summed E-state index contributed by atoms with van der Waals surface area (Å²) in [5.41, 5.74) is -1.68. The summed E-state index contributed by atoms with van der Waals surface area (Å²) >= 11 is 5.72. The number of rotatable bonds is 2. The summed E-state index contributed by atoms with van der Waals surface area (Å²) in [6.07, 6.45) is 2.59. The quantitative estimate of drug-likeness (QED) is 0.659. The maximum Gasteiger partial charge on any atom is 0.333 e. The van der Waals surface area contributed by atoms with Crippen molar-refractivity contribution in [2.24, 2.45) is 4.99 Å². The second-order valence-electron chi connectivity index (χ2n) is 6.02. The number of imidazole rings is 1. The molecule has 1 aromatic heterocycles. The summed E-state index contributed by atoms with van der Waals surface area (Å²) in [4.78, 5) is 18.5. The van der Waals surface area contributed by atoms with E-state index < -0.39 is 40.3 Å². The third-order valence-electron chi connectivity index (χ3n) is 4.29. The molecule has 0 saturated carbocycles. The van der Waals surface area contributed by atoms with Crippen LogP contribution in [0.1, 0.15) is 16.8 Å². The van der Waals surface area contributed by atoms with Gasteiger partial charge in [0, 0.05) is 23.4 Å². The molecule has 6 nitrogen and oxygen atoms in total. The summed E-state index contributed by atoms with van der Waals surface area (Å²) in [5.74, 6) is -3.58. The topological polar surface area (TPSA) is 94.2 Å². The highest BCUT2D eigenvalue weighted by Gasteiger charge is 2.22. The molecule has 29 heavy (non-hydrogen) atoms. The third kappa shape index (κ3) is 2.90. The summed E-state index contributed by atoms with van der Waals surface area (Å²) in [6, 6.07) is 5.66. The lowest BCUT2D eigenvalue weighted by molar-refractivity contribution is 0.436. The zero-order valence-corrected chi connectivity index (χ0v) is 14.9. The minimum Gasteiger partial charge on any atom is -0.493 e. The van der Waals surface area contributed by atoms with E-state index in [4.69, 9.17) is 16.9 Å². The summed E-state index contributed by atoms with van der Waals surface area (Å²) in [6.45, 7) is 0. The molecule has 2 heterocycles. The number of nitriles is 1. The Balaban J connectivity index is 1.87. The van der Waals surface area contributed by atoms with Gasteiger partial charge in [0.25, 0.3) is 0 Å². The third-order valence-corrected chi connectivity index (χ3v) is 4.58. The van der Waals surface area contributed by atoms with E-state index in [1.165, 1.54) is 30.5 Å². The summed E-state index contributed by atoms with van der Waals surface area (Å²) in [5, 5.41) is 19.2. The van der Waals surface area contributed by atoms with Crippen molar-refractivity contribution in [1.29, 1.82) is 5.26 Å². The fourth-order valence-corrected chi connectivity index (χ4v) is 3.11. The van der Waals surface area contributed by atoms with Gasteiger partial charge in [-0.25, -0.2) is 22.5 Å². The van der Waals surface area contributed by atoms with Crippen molar-refractivity contribution in [3.8, 4) is 17.6 Å². The zero-order valence-electron chi connectivity index (χ0n) is 14.2. The first-order chi connectivity index (χ1) is 13.8. The van der Waals surface area contributed by atoms with Gasteiger partial charge in [-0.2, -0.15) is 5.26 Å². The highest BCUT2D eigenvalue weighted by molar-refractivity contribution is 6.31. The smallest absolute Gasteiger partial charge is 0.333 e. The van der Waals surface area contributed by atoms with E-state index >= 15 is 0 Å². The Kier molecular flexibility index (Phi) is 4.28. The Morgan fingerprint density at radius 3 is 2.72 bits per heavy atom. The van der Waals surface area contributed by atoms with Crippen LogP contribution in [-0.4, -0.2) is 20.9 Å². The molecule has 1 aliphatic heterocycles. The van der Waals surface area contributed by atoms with Crippen molar-refractivity contribution in [3.05, 3.63) is 74.0 Å². The van der Waals surface area contributed by atoms with Gasteiger partial charge in [-0.1, -0.05) is 17.7 Å². The minimum atomic E-state index is -1.17. The van der Waals surface area contributed by atoms with Crippen molar-refractivity contribution >= 4 is 35.2 Å². The maximum absolute atomic E-state index is 14.4. The van der Waals surface area contributed by atoms with Crippen LogP contribution in [0.3, 0.4) is 0 Å². The SMILES string of the molecule is N#Cc1cc(F)cc(-n2c(O)c(C=C3C=Nc4c3ccc(Cl)c4F)[nH]c2=O)c1F. The number of aromatic hydroxyl groups is 1. The Morgan fingerprint density at radius 2 is 2.00 bits per heavy atom. The van der Waals surface area contributed by atoms with Crippen LogP contribution >= 0.6 is 11.6 Å². The first-order valence-electron chi connectivity index (χ1n) is 7.99. The number of hydrogen-bond donors (Lipinski definition) is 2. The van der Waals surface area contributed by atoms with Gasteiger partial charge in [0.05, 0.1) is 16.3 Å². The molecule has 0 amide bonds. The van der Waals surface area contributed by atoms with Crippen molar-refractivity contribution < 1.29 is 18.3 Å². The number of aromatic amines is 1. The number of nitrogens with one attached hydrogen (secondary N) is 1. The number of allylic oxidation sites excluding steroid dienone is 1. The molecule has 0 radical (unpaired) electrons. The Labute approximate surface area is 165 Å². The average Bonchev–Trinajstić information content (AvgIpc) is 3.21. The van der Waals surface area contributed by atoms with Crippen LogP contribution < -0.4 is 5.69 Å². The van der Waals surface area contributed by atoms with Crippen LogP contribution in [0.25, 0.3) is 17.3 Å². The minimum absolute atomic E-state index is 0.000133. The maximum atomic E-state index is 14.4. The zero-order chi connectivity index (χ0) is 20.9. The molecular formula is C19H8ClF3N4O2. The van der Waals surface area contributed by atoms with E-state index in [0.717, 1.165) is 0 Å². The van der Waals surface area contributed by atoms with Crippen LogP contribution in [-0.2, 0) is 0 Å². The van der Waals surface area contributed by atoms with E-state index in [9.17, 15) is 23.1 Å². The van der Waals surface area contributed by atoms with Gasteiger partial charge >= 0.3 is 5.69 Å². The molecule has 0 fully saturated rings. The number of nitrogens with zero attached hydrogens (tertiary/aromatic N) is 3. The molecule has 0 atom stereocenters. The molecular weight excluding hydrogens is 409 g/mol. The Hall–Kier alpha value is -3.77. The van der Waals surface area contributed by atoms with E-state index in [-0.39, 0.29) is 16.4 Å². The standard InChI is InChI=1S/C19H8ClF3N4O2/c20-12-2-1-11-9(7-25-17(11)16(12)23)4-13-18(28)27(19(29)26-13)14-5-10(21)3-8(6-24)15(14)22/h1-5,7,28H,(H,26,29). The molecule has 0 aliphatic carbocycles. The summed E-state index contributed by atoms with van der Waals surface area (Å²) < 4.78 is 42.7. The number of halogens is 4. The van der Waals surface area contributed by atoms with Gasteiger partial charge in [0.2, 0.25) is 5.88 Å². The normalized spacial score (nSPS) is 13.7. The van der Waals surface area contributed by atoms with E-state index in [1.54, 1.807) is 0 Å². The highest BCUT2D eigenvalue weighted by atomic mass is 35.5. The van der Waals surface area contributed by atoms with Crippen LogP contribution in [0.15, 0.2) is 34.1 Å². The monoisotopic (exact) mass is 416 g/mol. The van der Waals surface area contributed by atoms with Gasteiger partial charge in [0.1, 0.15) is 23.3 Å². The predicted molar refractivity (Wildman–Crippen MR) is 100 cm³/mol. The summed E-state index contributed by atoms with van der Waals surface area (Å²) in [7, 11) is 0. The number of benzene rings is 2. The number of aliphatic imine (C=N–C) groups is 1. The van der Waals surface area contributed by atoms with Crippen molar-refractivity contribution in [1.82, 2.24) is 9.55 Å². The Morgan fingerprint density at radius 1 is 1.24 bits per heavy atom. The molecule has 1 aliphatic rings. The van der Waals surface area contributed by atoms with Gasteiger partial charge in [-0.15, -0.1) is 0 Å². The number of H-pyrrole nitrogens is 1. The number of aromatic nitrogens is 2. The van der Waals surface area contributed by atoms with E-state index in [2.05, 4.69) is 9.98 Å². The molecule has 3 aromatic rings. The Bertz CT molecular complexity index is 1350. The van der Waals surface area contributed by atoms with Gasteiger partial charge in [0.15, 0.2) is 11.6 Å². The fraction of sp³-hybridized carbons (Fsp3) is 0. The van der Waals surface area contributed by atoms with Crippen LogP contribution in [0.4, 0.5) is 18.9 Å². The number of hydrogen-bond acceptors (Lipinski definition) is 4. The molecule has 144 valence electrons. The molecule has 2 N–H and O–H groups in total. The van der Waals surface area contributed by atoms with Crippen LogP contribution in [0.5, 0.6) is 5.88 Å². The van der Waals surface area contributed by atoms with Gasteiger partial charge in [-0.3, -0.25) is 4.99 Å². The molecule has 4 rings (SSSR count). The average molecular weight is 417 g/mol. The molecule has 10 heteroatoms. The molecule has 0 spiro atoms. The van der Waals surface area contributed by atoms with Crippen molar-refractivity contribution in [2.75, 3.05) is 0 Å². The lowest BCUT2D eigenvalue weighted by Crippen LogP contribution is -2.16.